The third kappa shape index (κ3) is 4.71. The highest BCUT2D eigenvalue weighted by atomic mass is 79.9. The minimum absolute atomic E-state index is 0.166. The van der Waals surface area contributed by atoms with Gasteiger partial charge in [-0.25, -0.2) is 0 Å². The molecule has 0 saturated heterocycles. The van der Waals surface area contributed by atoms with Crippen molar-refractivity contribution < 1.29 is 5.11 Å². The van der Waals surface area contributed by atoms with Crippen LogP contribution in [0.15, 0.2) is 53.1 Å². The zero-order valence-corrected chi connectivity index (χ0v) is 12.9. The number of hydrogen-bond donors (Lipinski definition) is 2. The third-order valence-corrected chi connectivity index (χ3v) is 3.96. The zero-order chi connectivity index (χ0) is 14.2. The standard InChI is InChI=1S/C16H19BrN2O/c17-16-7-2-1-5-14(16)11-18-10-13(12-20)9-15-6-3-4-8-19-15/h1-8,13,18,20H,9-12H2. The predicted molar refractivity (Wildman–Crippen MR) is 84.4 cm³/mol. The van der Waals surface area contributed by atoms with E-state index in [0.29, 0.717) is 0 Å². The Balaban J connectivity index is 1.81. The second-order valence-electron chi connectivity index (χ2n) is 4.80. The van der Waals surface area contributed by atoms with E-state index in [1.807, 2.05) is 36.4 Å². The van der Waals surface area contributed by atoms with Gasteiger partial charge in [0, 0.05) is 36.1 Å². The first-order valence-electron chi connectivity index (χ1n) is 6.74. The van der Waals surface area contributed by atoms with Crippen LogP contribution >= 0.6 is 15.9 Å². The lowest BCUT2D eigenvalue weighted by Gasteiger charge is -2.15. The van der Waals surface area contributed by atoms with Gasteiger partial charge in [0.25, 0.3) is 0 Å². The molecule has 1 heterocycles. The van der Waals surface area contributed by atoms with Crippen molar-refractivity contribution >= 4 is 15.9 Å². The molecule has 0 radical (unpaired) electrons. The molecule has 0 saturated carbocycles. The summed E-state index contributed by atoms with van der Waals surface area (Å²) in [6, 6.07) is 14.0. The summed E-state index contributed by atoms with van der Waals surface area (Å²) in [5.41, 5.74) is 2.25. The van der Waals surface area contributed by atoms with Crippen molar-refractivity contribution in [2.45, 2.75) is 13.0 Å². The third-order valence-electron chi connectivity index (χ3n) is 3.19. The maximum atomic E-state index is 9.46. The van der Waals surface area contributed by atoms with E-state index in [4.69, 9.17) is 0 Å². The van der Waals surface area contributed by atoms with Crippen molar-refractivity contribution in [1.29, 1.82) is 0 Å². The number of halogens is 1. The Hall–Kier alpha value is -1.23. The molecule has 2 rings (SSSR count). The molecule has 0 aliphatic rings. The highest BCUT2D eigenvalue weighted by Gasteiger charge is 2.09. The van der Waals surface area contributed by atoms with Crippen LogP contribution in [0.3, 0.4) is 0 Å². The number of nitrogens with zero attached hydrogens (tertiary/aromatic N) is 1. The zero-order valence-electron chi connectivity index (χ0n) is 11.3. The van der Waals surface area contributed by atoms with Gasteiger partial charge in [0.2, 0.25) is 0 Å². The van der Waals surface area contributed by atoms with Crippen LogP contribution in [0.1, 0.15) is 11.3 Å². The van der Waals surface area contributed by atoms with Gasteiger partial charge in [-0.15, -0.1) is 0 Å². The average Bonchev–Trinajstić information content (AvgIpc) is 2.49. The first-order chi connectivity index (χ1) is 9.79. The molecule has 2 aromatic rings. The fourth-order valence-corrected chi connectivity index (χ4v) is 2.49. The summed E-state index contributed by atoms with van der Waals surface area (Å²) in [5.74, 6) is 0.187. The Bertz CT molecular complexity index is 519. The van der Waals surface area contributed by atoms with E-state index in [-0.39, 0.29) is 12.5 Å². The van der Waals surface area contributed by atoms with Crippen LogP contribution in [0.4, 0.5) is 0 Å². The Morgan fingerprint density at radius 1 is 1.15 bits per heavy atom. The Morgan fingerprint density at radius 2 is 1.95 bits per heavy atom. The molecule has 0 amide bonds. The minimum Gasteiger partial charge on any atom is -0.396 e. The summed E-state index contributed by atoms with van der Waals surface area (Å²) in [4.78, 5) is 4.30. The molecule has 0 bridgehead atoms. The maximum Gasteiger partial charge on any atom is 0.0475 e. The van der Waals surface area contributed by atoms with Gasteiger partial charge in [-0.3, -0.25) is 4.98 Å². The molecule has 1 aromatic carbocycles. The van der Waals surface area contributed by atoms with Crippen molar-refractivity contribution in [3.05, 3.63) is 64.4 Å². The first kappa shape index (κ1) is 15.2. The molecule has 4 heteroatoms. The van der Waals surface area contributed by atoms with Crippen molar-refractivity contribution in [3.63, 3.8) is 0 Å². The van der Waals surface area contributed by atoms with Gasteiger partial charge >= 0.3 is 0 Å². The second-order valence-corrected chi connectivity index (χ2v) is 5.65. The van der Waals surface area contributed by atoms with Crippen LogP contribution in [-0.4, -0.2) is 23.2 Å². The van der Waals surface area contributed by atoms with E-state index in [9.17, 15) is 5.11 Å². The molecule has 2 N–H and O–H groups in total. The van der Waals surface area contributed by atoms with Crippen LogP contribution in [0.25, 0.3) is 0 Å². The molecule has 1 unspecified atom stereocenters. The molecule has 0 aliphatic carbocycles. The number of nitrogens with one attached hydrogen (secondary N) is 1. The van der Waals surface area contributed by atoms with E-state index in [1.165, 1.54) is 5.56 Å². The summed E-state index contributed by atoms with van der Waals surface area (Å²) < 4.78 is 1.11. The van der Waals surface area contributed by atoms with Crippen molar-refractivity contribution in [2.24, 2.45) is 5.92 Å². The molecule has 0 spiro atoms. The lowest BCUT2D eigenvalue weighted by molar-refractivity contribution is 0.220. The summed E-state index contributed by atoms with van der Waals surface area (Å²) in [6.45, 7) is 1.73. The Labute approximate surface area is 128 Å². The van der Waals surface area contributed by atoms with Gasteiger partial charge in [0.05, 0.1) is 0 Å². The first-order valence-corrected chi connectivity index (χ1v) is 7.53. The highest BCUT2D eigenvalue weighted by molar-refractivity contribution is 9.10. The summed E-state index contributed by atoms with van der Waals surface area (Å²) in [7, 11) is 0. The lowest BCUT2D eigenvalue weighted by atomic mass is 10.0. The molecule has 0 aliphatic heterocycles. The normalized spacial score (nSPS) is 12.3. The summed E-state index contributed by atoms with van der Waals surface area (Å²) >= 11 is 3.53. The molecule has 1 aromatic heterocycles. The predicted octanol–water partition coefficient (Wildman–Crippen LogP) is 2.78. The summed E-state index contributed by atoms with van der Waals surface area (Å²) in [6.07, 6.45) is 2.58. The number of aliphatic hydroxyl groups excluding tert-OH is 1. The number of aliphatic hydroxyl groups is 1. The SMILES string of the molecule is OCC(CNCc1ccccc1Br)Cc1ccccn1. The van der Waals surface area contributed by atoms with E-state index in [2.05, 4.69) is 32.3 Å². The number of rotatable bonds is 7. The average molecular weight is 335 g/mol. The lowest BCUT2D eigenvalue weighted by Crippen LogP contribution is -2.26. The number of aromatic nitrogens is 1. The molecule has 1 atom stereocenters. The van der Waals surface area contributed by atoms with Gasteiger partial charge in [0.15, 0.2) is 0 Å². The van der Waals surface area contributed by atoms with Gasteiger partial charge in [-0.1, -0.05) is 40.2 Å². The van der Waals surface area contributed by atoms with Crippen molar-refractivity contribution in [3.8, 4) is 0 Å². The smallest absolute Gasteiger partial charge is 0.0475 e. The van der Waals surface area contributed by atoms with Gasteiger partial charge < -0.3 is 10.4 Å². The van der Waals surface area contributed by atoms with E-state index in [1.54, 1.807) is 6.20 Å². The highest BCUT2D eigenvalue weighted by Crippen LogP contribution is 2.15. The van der Waals surface area contributed by atoms with Crippen LogP contribution in [-0.2, 0) is 13.0 Å². The Kier molecular flexibility index (Phi) is 6.18. The fraction of sp³-hybridized carbons (Fsp3) is 0.312. The van der Waals surface area contributed by atoms with E-state index in [0.717, 1.165) is 29.7 Å². The molecule has 106 valence electrons. The number of benzene rings is 1. The molecule has 3 nitrogen and oxygen atoms in total. The molecule has 0 fully saturated rings. The van der Waals surface area contributed by atoms with Crippen LogP contribution in [0, 0.1) is 5.92 Å². The minimum atomic E-state index is 0.166. The van der Waals surface area contributed by atoms with E-state index >= 15 is 0 Å². The van der Waals surface area contributed by atoms with Crippen LogP contribution in [0.2, 0.25) is 0 Å². The van der Waals surface area contributed by atoms with Crippen molar-refractivity contribution in [2.75, 3.05) is 13.2 Å². The van der Waals surface area contributed by atoms with E-state index < -0.39 is 0 Å². The monoisotopic (exact) mass is 334 g/mol. The van der Waals surface area contributed by atoms with Gasteiger partial charge in [-0.2, -0.15) is 0 Å². The fourth-order valence-electron chi connectivity index (χ4n) is 2.07. The maximum absolute atomic E-state index is 9.46. The van der Waals surface area contributed by atoms with Gasteiger partial charge in [-0.05, 0) is 36.1 Å². The Morgan fingerprint density at radius 3 is 2.65 bits per heavy atom. The molecular weight excluding hydrogens is 316 g/mol. The largest absolute Gasteiger partial charge is 0.396 e. The molecule has 20 heavy (non-hydrogen) atoms. The summed E-state index contributed by atoms with van der Waals surface area (Å²) in [5, 5.41) is 12.9. The number of hydrogen-bond acceptors (Lipinski definition) is 3. The van der Waals surface area contributed by atoms with Crippen LogP contribution < -0.4 is 5.32 Å². The topological polar surface area (TPSA) is 45.1 Å². The van der Waals surface area contributed by atoms with Crippen LogP contribution in [0.5, 0.6) is 0 Å². The second kappa shape index (κ2) is 8.15. The number of pyridine rings is 1. The van der Waals surface area contributed by atoms with Gasteiger partial charge in [0.1, 0.15) is 0 Å². The molecular formula is C16H19BrN2O. The quantitative estimate of drug-likeness (QED) is 0.818. The van der Waals surface area contributed by atoms with Crippen molar-refractivity contribution in [1.82, 2.24) is 10.3 Å².